The molecular weight excluding hydrogens is 616 g/mol. The molecule has 4 amide bonds. The minimum absolute atomic E-state index is 0.149. The number of fused-ring (bicyclic) bond motifs is 2. The van der Waals surface area contributed by atoms with Crippen molar-refractivity contribution >= 4 is 46.4 Å². The smallest absolute Gasteiger partial charge is 0.257 e. The molecule has 0 spiro atoms. The van der Waals surface area contributed by atoms with E-state index >= 15 is 0 Å². The molecule has 2 aromatic carbocycles. The topological polar surface area (TPSA) is 125 Å². The molecule has 10 heteroatoms. The minimum Gasteiger partial charge on any atom is -0.322 e. The van der Waals surface area contributed by atoms with Gasteiger partial charge in [-0.2, -0.15) is 0 Å². The van der Waals surface area contributed by atoms with E-state index in [0.717, 1.165) is 53.9 Å². The standard InChI is InChI=1S/C20H21N3O2.C19H19N3O2/c1-12-10-13(8-9-21-12)18(24)22-14-4-7-16-17(11-14)23(15-5-6-15)19(25)20(16,2)3;1-19(2)15-8-5-13(21-17(23)12-4-3-9-20-11-12)10-16(15)22(18(19)24)14-6-7-14/h4,7-11,15H,5-6H2,1-3H3,(H,22,24);3-5,8-11,14H,6-7H2,1-2H3,(H,21,23). The number of hydrogen-bond acceptors (Lipinski definition) is 6. The van der Waals surface area contributed by atoms with E-state index < -0.39 is 10.8 Å². The zero-order valence-corrected chi connectivity index (χ0v) is 28.4. The van der Waals surface area contributed by atoms with Crippen molar-refractivity contribution in [2.45, 2.75) is 83.2 Å². The summed E-state index contributed by atoms with van der Waals surface area (Å²) in [7, 11) is 0. The average Bonchev–Trinajstić information content (AvgIpc) is 4.02. The SMILES string of the molecule is CC1(C)C(=O)N(C2CC2)c2cc(NC(=O)c3cccnc3)ccc21.Cc1cc(C(=O)Nc2ccc3c(c2)N(C2CC2)C(=O)C3(C)C)ccn1. The third-order valence-electron chi connectivity index (χ3n) is 9.79. The van der Waals surface area contributed by atoms with Gasteiger partial charge in [-0.3, -0.25) is 29.1 Å². The molecule has 0 saturated heterocycles. The second kappa shape index (κ2) is 11.9. The van der Waals surface area contributed by atoms with Crippen molar-refractivity contribution in [3.8, 4) is 0 Å². The number of aryl methyl sites for hydroxylation is 1. The quantitative estimate of drug-likeness (QED) is 0.243. The molecule has 0 atom stereocenters. The van der Waals surface area contributed by atoms with Crippen LogP contribution in [0.4, 0.5) is 22.7 Å². The van der Waals surface area contributed by atoms with Crippen LogP contribution >= 0.6 is 0 Å². The van der Waals surface area contributed by atoms with Gasteiger partial charge in [0.15, 0.2) is 0 Å². The number of rotatable bonds is 6. The first-order valence-electron chi connectivity index (χ1n) is 16.8. The van der Waals surface area contributed by atoms with Crippen molar-refractivity contribution in [3.63, 3.8) is 0 Å². The molecule has 8 rings (SSSR count). The van der Waals surface area contributed by atoms with Gasteiger partial charge in [-0.1, -0.05) is 12.1 Å². The Kier molecular flexibility index (Phi) is 7.84. The summed E-state index contributed by atoms with van der Waals surface area (Å²) in [5.74, 6) is -0.0782. The van der Waals surface area contributed by atoms with Crippen molar-refractivity contribution < 1.29 is 19.2 Å². The van der Waals surface area contributed by atoms with E-state index in [9.17, 15) is 19.2 Å². The predicted molar refractivity (Wildman–Crippen MR) is 189 cm³/mol. The van der Waals surface area contributed by atoms with E-state index in [2.05, 4.69) is 20.6 Å². The summed E-state index contributed by atoms with van der Waals surface area (Å²) >= 11 is 0. The number of aromatic nitrogens is 2. The van der Waals surface area contributed by atoms with Crippen LogP contribution in [-0.2, 0) is 20.4 Å². The van der Waals surface area contributed by atoms with Gasteiger partial charge in [0, 0.05) is 53.3 Å². The summed E-state index contributed by atoms with van der Waals surface area (Å²) in [6, 6.07) is 19.0. The van der Waals surface area contributed by atoms with Gasteiger partial charge in [0.2, 0.25) is 11.8 Å². The molecule has 4 aromatic rings. The highest BCUT2D eigenvalue weighted by molar-refractivity contribution is 6.11. The van der Waals surface area contributed by atoms with Crippen LogP contribution in [0.5, 0.6) is 0 Å². The van der Waals surface area contributed by atoms with Crippen molar-refractivity contribution in [1.29, 1.82) is 0 Å². The van der Waals surface area contributed by atoms with Crippen LogP contribution < -0.4 is 20.4 Å². The Balaban J connectivity index is 0.000000154. The maximum Gasteiger partial charge on any atom is 0.257 e. The number of anilines is 4. The Bertz CT molecular complexity index is 2000. The molecule has 0 unspecified atom stereocenters. The summed E-state index contributed by atoms with van der Waals surface area (Å²) in [5, 5.41) is 5.83. The molecule has 0 bridgehead atoms. The van der Waals surface area contributed by atoms with Crippen LogP contribution in [0.2, 0.25) is 0 Å². The Hall–Kier alpha value is -5.38. The minimum atomic E-state index is -0.511. The fourth-order valence-electron chi connectivity index (χ4n) is 6.71. The van der Waals surface area contributed by atoms with E-state index in [1.807, 2.05) is 80.8 Å². The van der Waals surface area contributed by atoms with Crippen LogP contribution in [0.3, 0.4) is 0 Å². The molecule has 250 valence electrons. The lowest BCUT2D eigenvalue weighted by Gasteiger charge is -2.19. The molecule has 2 fully saturated rings. The number of amides is 4. The Labute approximate surface area is 285 Å². The number of carbonyl (C=O) groups excluding carboxylic acids is 4. The highest BCUT2D eigenvalue weighted by atomic mass is 16.2. The van der Waals surface area contributed by atoms with Crippen molar-refractivity contribution in [1.82, 2.24) is 9.97 Å². The normalized spacial score (nSPS) is 18.3. The summed E-state index contributed by atoms with van der Waals surface area (Å²) in [6.07, 6.45) is 8.99. The molecule has 2 aliphatic heterocycles. The predicted octanol–water partition coefficient (Wildman–Crippen LogP) is 6.55. The van der Waals surface area contributed by atoms with Crippen LogP contribution in [-0.4, -0.2) is 45.7 Å². The third-order valence-corrected chi connectivity index (χ3v) is 9.79. The maximum atomic E-state index is 12.8. The Morgan fingerprint density at radius 3 is 1.65 bits per heavy atom. The van der Waals surface area contributed by atoms with Crippen molar-refractivity contribution in [2.24, 2.45) is 0 Å². The van der Waals surface area contributed by atoms with Gasteiger partial charge >= 0.3 is 0 Å². The van der Waals surface area contributed by atoms with Gasteiger partial charge in [0.1, 0.15) is 0 Å². The number of nitrogens with zero attached hydrogens (tertiary/aromatic N) is 4. The molecule has 0 radical (unpaired) electrons. The lowest BCUT2D eigenvalue weighted by molar-refractivity contribution is -0.122. The van der Waals surface area contributed by atoms with Gasteiger partial charge in [0.25, 0.3) is 11.8 Å². The number of benzene rings is 2. The van der Waals surface area contributed by atoms with Crippen LogP contribution in [0.1, 0.15) is 90.9 Å². The second-order valence-electron chi connectivity index (χ2n) is 14.4. The van der Waals surface area contributed by atoms with E-state index in [4.69, 9.17) is 0 Å². The number of pyridine rings is 2. The van der Waals surface area contributed by atoms with Crippen molar-refractivity contribution in [2.75, 3.05) is 20.4 Å². The fourth-order valence-corrected chi connectivity index (χ4v) is 6.71. The zero-order valence-electron chi connectivity index (χ0n) is 28.4. The molecule has 10 nitrogen and oxygen atoms in total. The fraction of sp³-hybridized carbons (Fsp3) is 0.333. The molecule has 49 heavy (non-hydrogen) atoms. The molecule has 2 N–H and O–H groups in total. The van der Waals surface area contributed by atoms with Crippen LogP contribution in [0, 0.1) is 6.92 Å². The molecule has 4 aliphatic rings. The first-order valence-corrected chi connectivity index (χ1v) is 16.8. The number of hydrogen-bond donors (Lipinski definition) is 2. The van der Waals surface area contributed by atoms with Gasteiger partial charge in [-0.25, -0.2) is 0 Å². The van der Waals surface area contributed by atoms with Crippen molar-refractivity contribution in [3.05, 3.63) is 107 Å². The second-order valence-corrected chi connectivity index (χ2v) is 14.4. The summed E-state index contributed by atoms with van der Waals surface area (Å²) in [6.45, 7) is 9.71. The summed E-state index contributed by atoms with van der Waals surface area (Å²) in [5.41, 5.74) is 6.17. The van der Waals surface area contributed by atoms with Crippen LogP contribution in [0.25, 0.3) is 0 Å². The molecule has 2 aromatic heterocycles. The van der Waals surface area contributed by atoms with E-state index in [-0.39, 0.29) is 23.6 Å². The molecule has 2 saturated carbocycles. The Morgan fingerprint density at radius 2 is 1.20 bits per heavy atom. The van der Waals surface area contributed by atoms with E-state index in [1.54, 1.807) is 36.7 Å². The van der Waals surface area contributed by atoms with E-state index in [1.165, 1.54) is 6.20 Å². The largest absolute Gasteiger partial charge is 0.322 e. The van der Waals surface area contributed by atoms with Crippen LogP contribution in [0.15, 0.2) is 79.3 Å². The van der Waals surface area contributed by atoms with Gasteiger partial charge < -0.3 is 20.4 Å². The molecule has 4 heterocycles. The monoisotopic (exact) mass is 656 g/mol. The van der Waals surface area contributed by atoms with Gasteiger partial charge in [-0.05, 0) is 120 Å². The number of carbonyl (C=O) groups is 4. The average molecular weight is 657 g/mol. The highest BCUT2D eigenvalue weighted by Gasteiger charge is 2.50. The maximum absolute atomic E-state index is 12.8. The zero-order chi connectivity index (χ0) is 34.7. The Morgan fingerprint density at radius 1 is 0.694 bits per heavy atom. The highest BCUT2D eigenvalue weighted by Crippen LogP contribution is 2.48. The van der Waals surface area contributed by atoms with Gasteiger partial charge in [0.05, 0.1) is 27.8 Å². The lowest BCUT2D eigenvalue weighted by Crippen LogP contribution is -2.37. The first kappa shape index (κ1) is 32.2. The first-order chi connectivity index (χ1) is 23.4. The number of nitrogens with one attached hydrogen (secondary N) is 2. The summed E-state index contributed by atoms with van der Waals surface area (Å²) in [4.78, 5) is 62.2. The molecular formula is C39H40N6O4. The van der Waals surface area contributed by atoms with Gasteiger partial charge in [-0.15, -0.1) is 0 Å². The lowest BCUT2D eigenvalue weighted by atomic mass is 9.86. The summed E-state index contributed by atoms with van der Waals surface area (Å²) < 4.78 is 0. The third kappa shape index (κ3) is 5.96. The van der Waals surface area contributed by atoms with E-state index in [0.29, 0.717) is 34.6 Å². The molecule has 2 aliphatic carbocycles.